The van der Waals surface area contributed by atoms with Crippen LogP contribution in [0.3, 0.4) is 0 Å². The molecule has 0 aliphatic heterocycles. The zero-order chi connectivity index (χ0) is 12.6. The lowest BCUT2D eigenvalue weighted by atomic mass is 10.4. The third kappa shape index (κ3) is 2.80. The molecule has 0 aromatic carbocycles. The number of halogens is 3. The topological polar surface area (TPSA) is 36.9 Å². The molecule has 8 heteroatoms. The number of H-pyrrole nitrogens is 1. The minimum Gasteiger partial charge on any atom is -0.329 e. The van der Waals surface area contributed by atoms with Crippen LogP contribution in [-0.4, -0.2) is 33.5 Å². The van der Waals surface area contributed by atoms with Crippen molar-refractivity contribution in [1.82, 2.24) is 14.8 Å². The number of rotatable bonds is 4. The molecule has 0 atom stereocenters. The van der Waals surface area contributed by atoms with Gasteiger partial charge in [0.2, 0.25) is 5.95 Å². The van der Waals surface area contributed by atoms with Gasteiger partial charge in [-0.1, -0.05) is 0 Å². The third-order valence-electron chi connectivity index (χ3n) is 2.65. The molecule has 1 fully saturated rings. The van der Waals surface area contributed by atoms with E-state index in [0.29, 0.717) is 11.3 Å². The molecule has 0 amide bonds. The molecular formula is C9H13F3N4S. The van der Waals surface area contributed by atoms with Crippen LogP contribution in [0.25, 0.3) is 0 Å². The van der Waals surface area contributed by atoms with E-state index in [1.807, 2.05) is 6.92 Å². The molecule has 0 spiro atoms. The Morgan fingerprint density at radius 3 is 2.65 bits per heavy atom. The maximum atomic E-state index is 12.5. The van der Waals surface area contributed by atoms with Gasteiger partial charge in [-0.2, -0.15) is 13.2 Å². The van der Waals surface area contributed by atoms with Gasteiger partial charge in [-0.05, 0) is 32.0 Å². The van der Waals surface area contributed by atoms with Crippen molar-refractivity contribution >= 4 is 18.2 Å². The van der Waals surface area contributed by atoms with E-state index in [-0.39, 0.29) is 12.0 Å². The maximum Gasteiger partial charge on any atom is 0.406 e. The summed E-state index contributed by atoms with van der Waals surface area (Å²) in [5, 5.41) is 6.45. The fourth-order valence-corrected chi connectivity index (χ4v) is 2.01. The zero-order valence-electron chi connectivity index (χ0n) is 9.29. The van der Waals surface area contributed by atoms with E-state index in [1.165, 1.54) is 4.90 Å². The first-order chi connectivity index (χ1) is 7.92. The van der Waals surface area contributed by atoms with Crippen molar-refractivity contribution in [2.24, 2.45) is 0 Å². The SMILES string of the molecule is CCn1c(N(CC(F)(F)F)C2CC2)n[nH]c1=S. The van der Waals surface area contributed by atoms with E-state index < -0.39 is 12.7 Å². The van der Waals surface area contributed by atoms with Crippen LogP contribution >= 0.6 is 12.2 Å². The van der Waals surface area contributed by atoms with Crippen molar-refractivity contribution in [1.29, 1.82) is 0 Å². The first kappa shape index (κ1) is 12.4. The van der Waals surface area contributed by atoms with E-state index in [1.54, 1.807) is 4.57 Å². The molecule has 1 N–H and O–H groups in total. The average Bonchev–Trinajstić information content (AvgIpc) is 2.98. The number of anilines is 1. The van der Waals surface area contributed by atoms with Crippen LogP contribution in [-0.2, 0) is 6.54 Å². The first-order valence-corrected chi connectivity index (χ1v) is 5.82. The Morgan fingerprint density at radius 2 is 2.18 bits per heavy atom. The molecule has 1 heterocycles. The van der Waals surface area contributed by atoms with E-state index in [4.69, 9.17) is 12.2 Å². The second kappa shape index (κ2) is 4.32. The molecule has 2 rings (SSSR count). The maximum absolute atomic E-state index is 12.5. The molecule has 17 heavy (non-hydrogen) atoms. The van der Waals surface area contributed by atoms with E-state index in [0.717, 1.165) is 12.8 Å². The van der Waals surface area contributed by atoms with Gasteiger partial charge < -0.3 is 4.90 Å². The van der Waals surface area contributed by atoms with Crippen LogP contribution in [0.4, 0.5) is 19.1 Å². The second-order valence-corrected chi connectivity index (χ2v) is 4.43. The summed E-state index contributed by atoms with van der Waals surface area (Å²) >= 11 is 4.98. The fraction of sp³-hybridized carbons (Fsp3) is 0.778. The van der Waals surface area contributed by atoms with Gasteiger partial charge in [0.25, 0.3) is 0 Å². The van der Waals surface area contributed by atoms with E-state index in [9.17, 15) is 13.2 Å². The van der Waals surface area contributed by atoms with Crippen molar-refractivity contribution in [2.75, 3.05) is 11.4 Å². The Balaban J connectivity index is 2.29. The number of hydrogen-bond acceptors (Lipinski definition) is 3. The molecule has 1 aliphatic carbocycles. The number of nitrogens with zero attached hydrogens (tertiary/aromatic N) is 3. The highest BCUT2D eigenvalue weighted by atomic mass is 32.1. The lowest BCUT2D eigenvalue weighted by Gasteiger charge is -2.24. The van der Waals surface area contributed by atoms with Crippen LogP contribution in [0.5, 0.6) is 0 Å². The van der Waals surface area contributed by atoms with Crippen LogP contribution in [0.1, 0.15) is 19.8 Å². The van der Waals surface area contributed by atoms with Gasteiger partial charge >= 0.3 is 6.18 Å². The molecule has 4 nitrogen and oxygen atoms in total. The number of aromatic amines is 1. The molecule has 0 radical (unpaired) electrons. The van der Waals surface area contributed by atoms with Gasteiger partial charge in [-0.15, -0.1) is 5.10 Å². The summed E-state index contributed by atoms with van der Waals surface area (Å²) in [6, 6.07) is -0.0628. The molecule has 0 bridgehead atoms. The highest BCUT2D eigenvalue weighted by molar-refractivity contribution is 7.71. The van der Waals surface area contributed by atoms with Gasteiger partial charge in [-0.25, -0.2) is 5.10 Å². The predicted molar refractivity (Wildman–Crippen MR) is 59.5 cm³/mol. The summed E-state index contributed by atoms with van der Waals surface area (Å²) in [7, 11) is 0. The van der Waals surface area contributed by atoms with Crippen molar-refractivity contribution in [3.8, 4) is 0 Å². The highest BCUT2D eigenvalue weighted by Crippen LogP contribution is 2.33. The van der Waals surface area contributed by atoms with Gasteiger partial charge in [0.15, 0.2) is 4.77 Å². The van der Waals surface area contributed by atoms with E-state index >= 15 is 0 Å². The quantitative estimate of drug-likeness (QED) is 0.851. The summed E-state index contributed by atoms with van der Waals surface area (Å²) in [4.78, 5) is 1.29. The van der Waals surface area contributed by atoms with Crippen molar-refractivity contribution in [3.63, 3.8) is 0 Å². The molecule has 0 unspecified atom stereocenters. The Bertz CT molecular complexity index is 446. The van der Waals surface area contributed by atoms with Crippen LogP contribution in [0.2, 0.25) is 0 Å². The third-order valence-corrected chi connectivity index (χ3v) is 2.96. The van der Waals surface area contributed by atoms with Crippen LogP contribution < -0.4 is 4.90 Å². The molecule has 1 aliphatic rings. The van der Waals surface area contributed by atoms with Gasteiger partial charge in [0, 0.05) is 12.6 Å². The summed E-state index contributed by atoms with van der Waals surface area (Å²) in [5.74, 6) is 0.289. The molecule has 1 saturated carbocycles. The van der Waals surface area contributed by atoms with Gasteiger partial charge in [0.05, 0.1) is 0 Å². The normalized spacial score (nSPS) is 16.2. The molecule has 1 aromatic heterocycles. The molecule has 0 saturated heterocycles. The lowest BCUT2D eigenvalue weighted by Crippen LogP contribution is -2.37. The highest BCUT2D eigenvalue weighted by Gasteiger charge is 2.40. The average molecular weight is 266 g/mol. The minimum atomic E-state index is -4.23. The van der Waals surface area contributed by atoms with Crippen molar-refractivity contribution in [3.05, 3.63) is 4.77 Å². The summed E-state index contributed by atoms with van der Waals surface area (Å²) in [6.45, 7) is 1.36. The summed E-state index contributed by atoms with van der Waals surface area (Å²) in [5.41, 5.74) is 0. The smallest absolute Gasteiger partial charge is 0.329 e. The first-order valence-electron chi connectivity index (χ1n) is 5.41. The Kier molecular flexibility index (Phi) is 3.15. The predicted octanol–water partition coefficient (Wildman–Crippen LogP) is 2.49. The van der Waals surface area contributed by atoms with Gasteiger partial charge in [0.1, 0.15) is 6.54 Å². The van der Waals surface area contributed by atoms with E-state index in [2.05, 4.69) is 10.2 Å². The van der Waals surface area contributed by atoms with Crippen LogP contribution in [0.15, 0.2) is 0 Å². The monoisotopic (exact) mass is 266 g/mol. The molecule has 96 valence electrons. The Hall–Kier alpha value is -1.05. The van der Waals surface area contributed by atoms with Crippen molar-refractivity contribution in [2.45, 2.75) is 38.5 Å². The summed E-state index contributed by atoms with van der Waals surface area (Å²) < 4.78 is 39.5. The van der Waals surface area contributed by atoms with Gasteiger partial charge in [-0.3, -0.25) is 4.57 Å². The Labute approximate surface area is 101 Å². The lowest BCUT2D eigenvalue weighted by molar-refractivity contribution is -0.120. The van der Waals surface area contributed by atoms with Crippen LogP contribution in [0, 0.1) is 4.77 Å². The van der Waals surface area contributed by atoms with Crippen molar-refractivity contribution < 1.29 is 13.2 Å². The second-order valence-electron chi connectivity index (χ2n) is 4.05. The fourth-order valence-electron chi connectivity index (χ4n) is 1.76. The molecular weight excluding hydrogens is 253 g/mol. The number of nitrogens with one attached hydrogen (secondary N) is 1. The largest absolute Gasteiger partial charge is 0.406 e. The minimum absolute atomic E-state index is 0.0628. The summed E-state index contributed by atoms with van der Waals surface area (Å²) in [6.07, 6.45) is -2.67. The standard InChI is InChI=1S/C9H13F3N4S/c1-2-15-7(13-14-8(15)17)16(6-3-4-6)5-9(10,11)12/h6H,2-5H2,1H3,(H,14,17). The molecule has 1 aromatic rings. The number of alkyl halides is 3. The number of aromatic nitrogens is 3. The zero-order valence-corrected chi connectivity index (χ0v) is 10.1. The number of hydrogen-bond donors (Lipinski definition) is 1. The Morgan fingerprint density at radius 1 is 1.53 bits per heavy atom.